The molecule has 0 radical (unpaired) electrons. The van der Waals surface area contributed by atoms with E-state index in [1.165, 1.54) is 17.8 Å². The molecular weight excluding hydrogens is 328 g/mol. The molecule has 0 spiro atoms. The first-order valence-corrected chi connectivity index (χ1v) is 8.26. The number of nitrogens with zero attached hydrogens (tertiary/aromatic N) is 5. The number of pyridine rings is 1. The molecule has 6 nitrogen and oxygen atoms in total. The van der Waals surface area contributed by atoms with Gasteiger partial charge in [0.2, 0.25) is 0 Å². The number of aryl methyl sites for hydroxylation is 1. The molecule has 0 bridgehead atoms. The summed E-state index contributed by atoms with van der Waals surface area (Å²) >= 11 is 0. The van der Waals surface area contributed by atoms with Gasteiger partial charge in [0.05, 0.1) is 17.6 Å². The number of aromatic nitrogens is 3. The zero-order valence-corrected chi connectivity index (χ0v) is 14.1. The van der Waals surface area contributed by atoms with Crippen LogP contribution in [0.5, 0.6) is 0 Å². The van der Waals surface area contributed by atoms with Gasteiger partial charge in [-0.15, -0.1) is 0 Å². The van der Waals surface area contributed by atoms with Gasteiger partial charge in [0, 0.05) is 45.0 Å². The molecule has 1 aliphatic rings. The van der Waals surface area contributed by atoms with E-state index in [2.05, 4.69) is 32.9 Å². The maximum Gasteiger partial charge on any atom is 0.269 e. The SMILES string of the molecule is Cc1cccnc1CN1CCN(c2cnn(CC(F)F)c(=O)c2)CC1. The lowest BCUT2D eigenvalue weighted by Crippen LogP contribution is -2.46. The summed E-state index contributed by atoms with van der Waals surface area (Å²) in [7, 11) is 0. The number of rotatable bonds is 5. The normalized spacial score (nSPS) is 15.8. The van der Waals surface area contributed by atoms with Crippen molar-refractivity contribution in [2.24, 2.45) is 0 Å². The van der Waals surface area contributed by atoms with Crippen LogP contribution in [0, 0.1) is 6.92 Å². The van der Waals surface area contributed by atoms with Crippen LogP contribution in [0.15, 0.2) is 35.4 Å². The minimum atomic E-state index is -2.59. The Balaban J connectivity index is 1.60. The number of anilines is 1. The van der Waals surface area contributed by atoms with Crippen molar-refractivity contribution in [3.05, 3.63) is 52.2 Å². The molecule has 0 aromatic carbocycles. The Hall–Kier alpha value is -2.35. The summed E-state index contributed by atoms with van der Waals surface area (Å²) in [6.45, 7) is 5.38. The molecule has 0 amide bonds. The maximum atomic E-state index is 12.4. The van der Waals surface area contributed by atoms with Crippen LogP contribution in [0.4, 0.5) is 14.5 Å². The Morgan fingerprint density at radius 2 is 2.00 bits per heavy atom. The molecule has 0 aliphatic carbocycles. The minimum absolute atomic E-state index is 0.496. The van der Waals surface area contributed by atoms with E-state index in [4.69, 9.17) is 0 Å². The molecule has 2 aromatic rings. The third-order valence-electron chi connectivity index (χ3n) is 4.39. The molecule has 0 atom stereocenters. The van der Waals surface area contributed by atoms with Crippen molar-refractivity contribution < 1.29 is 8.78 Å². The second kappa shape index (κ2) is 7.69. The van der Waals surface area contributed by atoms with Crippen molar-refractivity contribution in [2.45, 2.75) is 26.4 Å². The predicted molar refractivity (Wildman–Crippen MR) is 91.0 cm³/mol. The van der Waals surface area contributed by atoms with Gasteiger partial charge in [-0.3, -0.25) is 14.7 Å². The predicted octanol–water partition coefficient (Wildman–Crippen LogP) is 1.53. The monoisotopic (exact) mass is 349 g/mol. The average Bonchev–Trinajstić information content (AvgIpc) is 2.59. The molecular formula is C17H21F2N5O. The first-order chi connectivity index (χ1) is 12.0. The summed E-state index contributed by atoms with van der Waals surface area (Å²) in [5, 5.41) is 3.85. The third-order valence-corrected chi connectivity index (χ3v) is 4.39. The molecule has 2 aromatic heterocycles. The van der Waals surface area contributed by atoms with Crippen molar-refractivity contribution in [3.8, 4) is 0 Å². The highest BCUT2D eigenvalue weighted by Gasteiger charge is 2.19. The van der Waals surface area contributed by atoms with Crippen LogP contribution >= 0.6 is 0 Å². The van der Waals surface area contributed by atoms with Crippen LogP contribution in [0.25, 0.3) is 0 Å². The van der Waals surface area contributed by atoms with E-state index in [0.717, 1.165) is 43.1 Å². The van der Waals surface area contributed by atoms with Crippen molar-refractivity contribution in [3.63, 3.8) is 0 Å². The Morgan fingerprint density at radius 1 is 1.24 bits per heavy atom. The molecule has 3 heterocycles. The minimum Gasteiger partial charge on any atom is -0.368 e. The number of hydrogen-bond donors (Lipinski definition) is 0. The standard InChI is InChI=1S/C17H21F2N5O/c1-13-3-2-4-20-15(13)11-22-5-7-23(8-6-22)14-9-17(25)24(21-10-14)12-16(18)19/h2-4,9-10,16H,5-8,11-12H2,1H3. The third kappa shape index (κ3) is 4.39. The molecule has 3 rings (SSSR count). The van der Waals surface area contributed by atoms with E-state index in [1.54, 1.807) is 6.20 Å². The summed E-state index contributed by atoms with van der Waals surface area (Å²) in [6, 6.07) is 5.37. The fourth-order valence-corrected chi connectivity index (χ4v) is 2.92. The van der Waals surface area contributed by atoms with Crippen LogP contribution in [-0.2, 0) is 13.1 Å². The molecule has 0 saturated carbocycles. The largest absolute Gasteiger partial charge is 0.368 e. The van der Waals surface area contributed by atoms with Gasteiger partial charge < -0.3 is 4.90 Å². The van der Waals surface area contributed by atoms with Crippen LogP contribution < -0.4 is 10.5 Å². The quantitative estimate of drug-likeness (QED) is 0.820. The van der Waals surface area contributed by atoms with E-state index >= 15 is 0 Å². The van der Waals surface area contributed by atoms with Gasteiger partial charge in [-0.25, -0.2) is 13.5 Å². The number of alkyl halides is 2. The molecule has 25 heavy (non-hydrogen) atoms. The first kappa shape index (κ1) is 17.5. The molecule has 0 N–H and O–H groups in total. The van der Waals surface area contributed by atoms with E-state index in [1.807, 2.05) is 6.07 Å². The fourth-order valence-electron chi connectivity index (χ4n) is 2.92. The lowest BCUT2D eigenvalue weighted by molar-refractivity contribution is 0.119. The highest BCUT2D eigenvalue weighted by Crippen LogP contribution is 2.15. The lowest BCUT2D eigenvalue weighted by Gasteiger charge is -2.35. The van der Waals surface area contributed by atoms with E-state index in [-0.39, 0.29) is 0 Å². The Kier molecular flexibility index (Phi) is 5.37. The highest BCUT2D eigenvalue weighted by atomic mass is 19.3. The summed E-state index contributed by atoms with van der Waals surface area (Å²) < 4.78 is 25.6. The summed E-state index contributed by atoms with van der Waals surface area (Å²) in [6.07, 6.45) is 0.704. The fraction of sp³-hybridized carbons (Fsp3) is 0.471. The molecule has 1 aliphatic heterocycles. The summed E-state index contributed by atoms with van der Waals surface area (Å²) in [5.74, 6) is 0. The second-order valence-corrected chi connectivity index (χ2v) is 6.16. The van der Waals surface area contributed by atoms with Crippen molar-refractivity contribution >= 4 is 5.69 Å². The Morgan fingerprint density at radius 3 is 2.64 bits per heavy atom. The molecule has 134 valence electrons. The van der Waals surface area contributed by atoms with E-state index < -0.39 is 18.5 Å². The summed E-state index contributed by atoms with van der Waals surface area (Å²) in [5.41, 5.74) is 2.44. The zero-order chi connectivity index (χ0) is 17.8. The molecule has 1 saturated heterocycles. The number of halogens is 2. The lowest BCUT2D eigenvalue weighted by atomic mass is 10.2. The van der Waals surface area contributed by atoms with Crippen LogP contribution in [0.2, 0.25) is 0 Å². The van der Waals surface area contributed by atoms with Crippen LogP contribution in [0.3, 0.4) is 0 Å². The van der Waals surface area contributed by atoms with Gasteiger partial charge in [0.1, 0.15) is 6.54 Å². The topological polar surface area (TPSA) is 54.3 Å². The van der Waals surface area contributed by atoms with Crippen LogP contribution in [0.1, 0.15) is 11.3 Å². The first-order valence-electron chi connectivity index (χ1n) is 8.26. The number of piperazine rings is 1. The molecule has 1 fully saturated rings. The van der Waals surface area contributed by atoms with Gasteiger partial charge in [0.25, 0.3) is 12.0 Å². The van der Waals surface area contributed by atoms with Crippen molar-refractivity contribution in [2.75, 3.05) is 31.1 Å². The van der Waals surface area contributed by atoms with Gasteiger partial charge in [-0.1, -0.05) is 6.07 Å². The zero-order valence-electron chi connectivity index (χ0n) is 14.1. The summed E-state index contributed by atoms with van der Waals surface area (Å²) in [4.78, 5) is 20.7. The van der Waals surface area contributed by atoms with Gasteiger partial charge in [0.15, 0.2) is 0 Å². The highest BCUT2D eigenvalue weighted by molar-refractivity contribution is 5.43. The Bertz CT molecular complexity index is 772. The van der Waals surface area contributed by atoms with Crippen LogP contribution in [-0.4, -0.2) is 52.3 Å². The smallest absolute Gasteiger partial charge is 0.269 e. The number of hydrogen-bond acceptors (Lipinski definition) is 5. The van der Waals surface area contributed by atoms with Gasteiger partial charge in [-0.05, 0) is 18.6 Å². The second-order valence-electron chi connectivity index (χ2n) is 6.16. The van der Waals surface area contributed by atoms with Gasteiger partial charge >= 0.3 is 0 Å². The van der Waals surface area contributed by atoms with E-state index in [0.29, 0.717) is 5.69 Å². The van der Waals surface area contributed by atoms with Crippen molar-refractivity contribution in [1.29, 1.82) is 0 Å². The molecule has 8 heteroatoms. The maximum absolute atomic E-state index is 12.4. The Labute approximate surface area is 144 Å². The van der Waals surface area contributed by atoms with Crippen molar-refractivity contribution in [1.82, 2.24) is 19.7 Å². The van der Waals surface area contributed by atoms with E-state index in [9.17, 15) is 13.6 Å². The average molecular weight is 349 g/mol. The van der Waals surface area contributed by atoms with Gasteiger partial charge in [-0.2, -0.15) is 5.10 Å². The molecule has 0 unspecified atom stereocenters.